The Morgan fingerprint density at radius 3 is 2.24 bits per heavy atom. The lowest BCUT2D eigenvalue weighted by Gasteiger charge is -2.42. The molecular formula is C13H20N8. The first-order valence-electron chi connectivity index (χ1n) is 7.10. The van der Waals surface area contributed by atoms with Crippen molar-refractivity contribution in [3.05, 3.63) is 12.4 Å². The number of rotatable bonds is 2. The van der Waals surface area contributed by atoms with Gasteiger partial charge < -0.3 is 4.90 Å². The minimum Gasteiger partial charge on any atom is -0.338 e. The molecule has 0 amide bonds. The predicted molar refractivity (Wildman–Crippen MR) is 78.7 cm³/mol. The number of tetrazole rings is 1. The third-order valence-electron chi connectivity index (χ3n) is 3.75. The molecule has 0 bridgehead atoms. The number of piperazine rings is 1. The summed E-state index contributed by atoms with van der Waals surface area (Å²) in [7, 11) is 0. The van der Waals surface area contributed by atoms with E-state index in [9.17, 15) is 0 Å². The molecule has 1 aliphatic rings. The van der Waals surface area contributed by atoms with E-state index in [-0.39, 0.29) is 5.54 Å². The van der Waals surface area contributed by atoms with Crippen LogP contribution in [0.15, 0.2) is 12.4 Å². The fourth-order valence-corrected chi connectivity index (χ4v) is 2.46. The lowest BCUT2D eigenvalue weighted by atomic mass is 10.1. The van der Waals surface area contributed by atoms with Crippen molar-refractivity contribution in [2.75, 3.05) is 31.1 Å². The van der Waals surface area contributed by atoms with Crippen LogP contribution in [0.1, 0.15) is 20.8 Å². The van der Waals surface area contributed by atoms with Gasteiger partial charge in [-0.2, -0.15) is 5.21 Å². The molecule has 8 nitrogen and oxygen atoms in total. The van der Waals surface area contributed by atoms with Gasteiger partial charge in [0.15, 0.2) is 0 Å². The van der Waals surface area contributed by atoms with Crippen LogP contribution in [0.5, 0.6) is 0 Å². The van der Waals surface area contributed by atoms with Crippen molar-refractivity contribution in [1.29, 1.82) is 0 Å². The van der Waals surface area contributed by atoms with Gasteiger partial charge >= 0.3 is 0 Å². The molecule has 1 aliphatic heterocycles. The van der Waals surface area contributed by atoms with Crippen LogP contribution in [0, 0.1) is 0 Å². The molecule has 2 aromatic rings. The molecule has 0 radical (unpaired) electrons. The Labute approximate surface area is 123 Å². The van der Waals surface area contributed by atoms with Crippen LogP contribution in [0.4, 0.5) is 5.95 Å². The molecule has 0 aliphatic carbocycles. The summed E-state index contributed by atoms with van der Waals surface area (Å²) in [5.74, 6) is 1.27. The van der Waals surface area contributed by atoms with Crippen molar-refractivity contribution in [3.8, 4) is 11.4 Å². The van der Waals surface area contributed by atoms with E-state index in [1.807, 2.05) is 0 Å². The molecule has 1 N–H and O–H groups in total. The van der Waals surface area contributed by atoms with Gasteiger partial charge in [0.25, 0.3) is 0 Å². The Balaban J connectivity index is 1.66. The van der Waals surface area contributed by atoms with Crippen LogP contribution in [-0.4, -0.2) is 67.2 Å². The van der Waals surface area contributed by atoms with Crippen molar-refractivity contribution in [2.24, 2.45) is 0 Å². The Morgan fingerprint density at radius 2 is 1.71 bits per heavy atom. The van der Waals surface area contributed by atoms with Crippen molar-refractivity contribution in [3.63, 3.8) is 0 Å². The van der Waals surface area contributed by atoms with Gasteiger partial charge in [-0.3, -0.25) is 4.90 Å². The van der Waals surface area contributed by atoms with E-state index < -0.39 is 0 Å². The summed E-state index contributed by atoms with van der Waals surface area (Å²) in [6.45, 7) is 10.7. The van der Waals surface area contributed by atoms with E-state index >= 15 is 0 Å². The lowest BCUT2D eigenvalue weighted by Crippen LogP contribution is -2.53. The van der Waals surface area contributed by atoms with Crippen LogP contribution in [0.25, 0.3) is 11.4 Å². The van der Waals surface area contributed by atoms with Gasteiger partial charge in [0.05, 0.1) is 5.56 Å². The molecule has 0 saturated carbocycles. The molecule has 21 heavy (non-hydrogen) atoms. The van der Waals surface area contributed by atoms with Gasteiger partial charge in [-0.15, -0.1) is 10.2 Å². The van der Waals surface area contributed by atoms with Gasteiger partial charge in [0.2, 0.25) is 11.8 Å². The standard InChI is InChI=1S/C13H20N8/c1-13(2,3)21-6-4-20(5-7-21)12-14-8-10(9-15-12)11-16-18-19-17-11/h8-9H,4-7H2,1-3H3,(H,16,17,18,19). The largest absolute Gasteiger partial charge is 0.338 e. The maximum Gasteiger partial charge on any atom is 0.225 e. The maximum absolute atomic E-state index is 4.42. The second kappa shape index (κ2) is 5.36. The highest BCUT2D eigenvalue weighted by atomic mass is 15.5. The van der Waals surface area contributed by atoms with Crippen LogP contribution in [0.3, 0.4) is 0 Å². The number of anilines is 1. The minimum absolute atomic E-state index is 0.218. The van der Waals surface area contributed by atoms with E-state index in [4.69, 9.17) is 0 Å². The number of aromatic nitrogens is 6. The summed E-state index contributed by atoms with van der Waals surface area (Å²) in [4.78, 5) is 13.5. The molecule has 0 spiro atoms. The molecule has 1 fully saturated rings. The van der Waals surface area contributed by atoms with Crippen LogP contribution >= 0.6 is 0 Å². The fourth-order valence-electron chi connectivity index (χ4n) is 2.46. The molecule has 3 rings (SSSR count). The molecule has 0 atom stereocenters. The molecule has 3 heterocycles. The van der Waals surface area contributed by atoms with E-state index in [1.165, 1.54) is 0 Å². The average molecular weight is 288 g/mol. The third-order valence-corrected chi connectivity index (χ3v) is 3.75. The number of nitrogens with one attached hydrogen (secondary N) is 1. The highest BCUT2D eigenvalue weighted by molar-refractivity contribution is 5.51. The van der Waals surface area contributed by atoms with Crippen molar-refractivity contribution in [1.82, 2.24) is 35.5 Å². The SMILES string of the molecule is CC(C)(C)N1CCN(c2ncc(-c3nn[nH]n3)cn2)CC1. The Kier molecular flexibility index (Phi) is 3.54. The monoisotopic (exact) mass is 288 g/mol. The van der Waals surface area contributed by atoms with Crippen molar-refractivity contribution >= 4 is 5.95 Å². The molecular weight excluding hydrogens is 268 g/mol. The molecule has 0 aromatic carbocycles. The second-order valence-electron chi connectivity index (χ2n) is 6.15. The first-order valence-corrected chi connectivity index (χ1v) is 7.10. The molecule has 2 aromatic heterocycles. The zero-order valence-corrected chi connectivity index (χ0v) is 12.6. The molecule has 112 valence electrons. The van der Waals surface area contributed by atoms with E-state index in [2.05, 4.69) is 61.2 Å². The highest BCUT2D eigenvalue weighted by Gasteiger charge is 2.26. The van der Waals surface area contributed by atoms with Gasteiger partial charge in [0.1, 0.15) is 0 Å². The second-order valence-corrected chi connectivity index (χ2v) is 6.15. The first kappa shape index (κ1) is 13.9. The van der Waals surface area contributed by atoms with Crippen molar-refractivity contribution < 1.29 is 0 Å². The quantitative estimate of drug-likeness (QED) is 0.864. The van der Waals surface area contributed by atoms with Gasteiger partial charge in [-0.1, -0.05) is 0 Å². The minimum atomic E-state index is 0.218. The Hall–Kier alpha value is -2.09. The van der Waals surface area contributed by atoms with Crippen molar-refractivity contribution in [2.45, 2.75) is 26.3 Å². The number of nitrogens with zero attached hydrogens (tertiary/aromatic N) is 7. The zero-order chi connectivity index (χ0) is 14.9. The fraction of sp³-hybridized carbons (Fsp3) is 0.615. The number of aromatic amines is 1. The lowest BCUT2D eigenvalue weighted by molar-refractivity contribution is 0.128. The smallest absolute Gasteiger partial charge is 0.225 e. The van der Waals surface area contributed by atoms with Gasteiger partial charge in [-0.25, -0.2) is 9.97 Å². The number of hydrogen-bond donors (Lipinski definition) is 1. The predicted octanol–water partition coefficient (Wildman–Crippen LogP) is 0.577. The van der Waals surface area contributed by atoms with E-state index in [1.54, 1.807) is 12.4 Å². The van der Waals surface area contributed by atoms with Gasteiger partial charge in [0, 0.05) is 44.1 Å². The van der Waals surface area contributed by atoms with E-state index in [0.29, 0.717) is 5.82 Å². The Bertz CT molecular complexity index is 563. The van der Waals surface area contributed by atoms with Crippen LogP contribution < -0.4 is 4.90 Å². The molecule has 0 unspecified atom stereocenters. The topological polar surface area (TPSA) is 86.7 Å². The maximum atomic E-state index is 4.42. The van der Waals surface area contributed by atoms with E-state index in [0.717, 1.165) is 37.7 Å². The normalized spacial score (nSPS) is 17.2. The average Bonchev–Trinajstić information content (AvgIpc) is 3.01. The summed E-state index contributed by atoms with van der Waals surface area (Å²) in [5, 5.41) is 13.8. The summed E-state index contributed by atoms with van der Waals surface area (Å²) in [6, 6.07) is 0. The molecule has 1 saturated heterocycles. The van der Waals surface area contributed by atoms with Gasteiger partial charge in [-0.05, 0) is 26.0 Å². The van der Waals surface area contributed by atoms with Crippen LogP contribution in [0.2, 0.25) is 0 Å². The van der Waals surface area contributed by atoms with Crippen LogP contribution in [-0.2, 0) is 0 Å². The third kappa shape index (κ3) is 2.99. The summed E-state index contributed by atoms with van der Waals surface area (Å²) < 4.78 is 0. The summed E-state index contributed by atoms with van der Waals surface area (Å²) >= 11 is 0. The Morgan fingerprint density at radius 1 is 1.05 bits per heavy atom. The highest BCUT2D eigenvalue weighted by Crippen LogP contribution is 2.19. The first-order chi connectivity index (χ1) is 10.0. The molecule has 8 heteroatoms. The zero-order valence-electron chi connectivity index (χ0n) is 12.6. The summed E-state index contributed by atoms with van der Waals surface area (Å²) in [6.07, 6.45) is 3.48. The number of hydrogen-bond acceptors (Lipinski definition) is 7. The summed E-state index contributed by atoms with van der Waals surface area (Å²) in [5.41, 5.74) is 0.982. The number of H-pyrrole nitrogens is 1.